The maximum Gasteiger partial charge on any atom is 0.277 e. The number of aromatic nitrogens is 2. The van der Waals surface area contributed by atoms with E-state index >= 15 is 0 Å². The molecule has 0 bridgehead atoms. The number of nitrogens with zero attached hydrogens (tertiary/aromatic N) is 2. The Balaban J connectivity index is 1.35. The molecule has 0 amide bonds. The molecule has 130 valence electrons. The molecular weight excluding hydrogens is 364 g/mol. The Bertz CT molecular complexity index is 953. The van der Waals surface area contributed by atoms with Crippen LogP contribution in [0.3, 0.4) is 0 Å². The SMILES string of the molecule is c1ccc(COc2cccc(CSc3nnc(-c4cccs4)o3)c2)cc1. The standard InChI is InChI=1S/C20H16N2O2S2/c1-2-6-15(7-3-1)13-23-17-9-4-8-16(12-17)14-26-20-22-21-19(24-20)18-10-5-11-25-18/h1-12H,13-14H2. The first-order chi connectivity index (χ1) is 12.9. The van der Waals surface area contributed by atoms with Gasteiger partial charge in [0.2, 0.25) is 0 Å². The van der Waals surface area contributed by atoms with Gasteiger partial charge in [0.1, 0.15) is 12.4 Å². The normalized spacial score (nSPS) is 10.8. The van der Waals surface area contributed by atoms with Crippen molar-refractivity contribution in [2.45, 2.75) is 17.6 Å². The summed E-state index contributed by atoms with van der Waals surface area (Å²) in [5.41, 5.74) is 2.30. The highest BCUT2D eigenvalue weighted by Crippen LogP contribution is 2.28. The van der Waals surface area contributed by atoms with E-state index in [4.69, 9.17) is 9.15 Å². The van der Waals surface area contributed by atoms with Gasteiger partial charge in [-0.15, -0.1) is 21.5 Å². The molecule has 0 N–H and O–H groups in total. The number of thioether (sulfide) groups is 1. The fraction of sp³-hybridized carbons (Fsp3) is 0.100. The number of rotatable bonds is 7. The van der Waals surface area contributed by atoms with E-state index in [2.05, 4.69) is 28.4 Å². The lowest BCUT2D eigenvalue weighted by molar-refractivity contribution is 0.306. The largest absolute Gasteiger partial charge is 0.489 e. The maximum atomic E-state index is 5.88. The van der Waals surface area contributed by atoms with Crippen molar-refractivity contribution in [2.75, 3.05) is 0 Å². The Morgan fingerprint density at radius 3 is 2.65 bits per heavy atom. The highest BCUT2D eigenvalue weighted by atomic mass is 32.2. The van der Waals surface area contributed by atoms with E-state index in [1.54, 1.807) is 11.3 Å². The summed E-state index contributed by atoms with van der Waals surface area (Å²) in [5, 5.41) is 10.8. The fourth-order valence-corrected chi connectivity index (χ4v) is 3.73. The molecule has 0 aliphatic carbocycles. The lowest BCUT2D eigenvalue weighted by Gasteiger charge is -2.07. The molecule has 4 aromatic rings. The van der Waals surface area contributed by atoms with Crippen LogP contribution in [0.15, 0.2) is 81.8 Å². The summed E-state index contributed by atoms with van der Waals surface area (Å²) in [5.74, 6) is 2.17. The van der Waals surface area contributed by atoms with Gasteiger partial charge in [-0.2, -0.15) is 0 Å². The molecule has 0 saturated heterocycles. The van der Waals surface area contributed by atoms with Crippen LogP contribution in [0.2, 0.25) is 0 Å². The van der Waals surface area contributed by atoms with Crippen LogP contribution in [0, 0.1) is 0 Å². The first-order valence-electron chi connectivity index (χ1n) is 8.13. The van der Waals surface area contributed by atoms with Gasteiger partial charge in [0.15, 0.2) is 0 Å². The zero-order chi connectivity index (χ0) is 17.6. The zero-order valence-electron chi connectivity index (χ0n) is 13.9. The van der Waals surface area contributed by atoms with Crippen molar-refractivity contribution in [3.05, 3.63) is 83.2 Å². The lowest BCUT2D eigenvalue weighted by atomic mass is 10.2. The number of benzene rings is 2. The van der Waals surface area contributed by atoms with Gasteiger partial charge >= 0.3 is 0 Å². The topological polar surface area (TPSA) is 48.2 Å². The molecule has 26 heavy (non-hydrogen) atoms. The maximum absolute atomic E-state index is 5.88. The van der Waals surface area contributed by atoms with Crippen molar-refractivity contribution in [1.29, 1.82) is 0 Å². The average Bonchev–Trinajstić information content (AvgIpc) is 3.37. The Kier molecular flexibility index (Phi) is 5.33. The van der Waals surface area contributed by atoms with Crippen molar-refractivity contribution >= 4 is 23.1 Å². The molecule has 0 aliphatic heterocycles. The van der Waals surface area contributed by atoms with Crippen LogP contribution in [0.4, 0.5) is 0 Å². The van der Waals surface area contributed by atoms with Crippen molar-refractivity contribution in [2.24, 2.45) is 0 Å². The molecule has 0 unspecified atom stereocenters. The minimum absolute atomic E-state index is 0.561. The molecule has 0 atom stereocenters. The van der Waals surface area contributed by atoms with Gasteiger partial charge in [-0.3, -0.25) is 0 Å². The summed E-state index contributed by atoms with van der Waals surface area (Å²) < 4.78 is 11.6. The van der Waals surface area contributed by atoms with Gasteiger partial charge in [0, 0.05) is 5.75 Å². The third kappa shape index (κ3) is 4.33. The predicted octanol–water partition coefficient (Wildman–Crippen LogP) is 5.67. The molecule has 0 spiro atoms. The molecule has 4 rings (SSSR count). The highest BCUT2D eigenvalue weighted by Gasteiger charge is 2.10. The highest BCUT2D eigenvalue weighted by molar-refractivity contribution is 7.98. The number of ether oxygens (including phenoxy) is 1. The minimum Gasteiger partial charge on any atom is -0.489 e. The van der Waals surface area contributed by atoms with Crippen LogP contribution < -0.4 is 4.74 Å². The fourth-order valence-electron chi connectivity index (χ4n) is 2.38. The van der Waals surface area contributed by atoms with E-state index in [9.17, 15) is 0 Å². The third-order valence-electron chi connectivity index (χ3n) is 3.65. The predicted molar refractivity (Wildman–Crippen MR) is 104 cm³/mol. The molecule has 0 fully saturated rings. The third-order valence-corrected chi connectivity index (χ3v) is 5.39. The Hall–Kier alpha value is -2.57. The van der Waals surface area contributed by atoms with Crippen LogP contribution in [0.5, 0.6) is 5.75 Å². The van der Waals surface area contributed by atoms with Crippen LogP contribution in [0.25, 0.3) is 10.8 Å². The smallest absolute Gasteiger partial charge is 0.277 e. The van der Waals surface area contributed by atoms with Crippen molar-refractivity contribution in [1.82, 2.24) is 10.2 Å². The Morgan fingerprint density at radius 2 is 1.81 bits per heavy atom. The molecular formula is C20H16N2O2S2. The summed E-state index contributed by atoms with van der Waals surface area (Å²) in [6.07, 6.45) is 0. The minimum atomic E-state index is 0.561. The lowest BCUT2D eigenvalue weighted by Crippen LogP contribution is -1.95. The van der Waals surface area contributed by atoms with Gasteiger partial charge in [-0.25, -0.2) is 0 Å². The average molecular weight is 380 g/mol. The van der Waals surface area contributed by atoms with Gasteiger partial charge in [0.05, 0.1) is 4.88 Å². The molecule has 2 heterocycles. The summed E-state index contributed by atoms with van der Waals surface area (Å²) >= 11 is 3.11. The second-order valence-electron chi connectivity index (χ2n) is 5.56. The molecule has 0 saturated carbocycles. The van der Waals surface area contributed by atoms with Crippen LogP contribution in [-0.4, -0.2) is 10.2 Å². The van der Waals surface area contributed by atoms with Crippen LogP contribution >= 0.6 is 23.1 Å². The van der Waals surface area contributed by atoms with E-state index in [1.165, 1.54) is 11.8 Å². The van der Waals surface area contributed by atoms with E-state index in [0.717, 1.165) is 27.5 Å². The summed E-state index contributed by atoms with van der Waals surface area (Å²) in [4.78, 5) is 0.987. The van der Waals surface area contributed by atoms with Gasteiger partial charge < -0.3 is 9.15 Å². The molecule has 2 aromatic carbocycles. The van der Waals surface area contributed by atoms with E-state index in [-0.39, 0.29) is 0 Å². The van der Waals surface area contributed by atoms with E-state index in [0.29, 0.717) is 17.7 Å². The van der Waals surface area contributed by atoms with Gasteiger partial charge in [-0.1, -0.05) is 60.3 Å². The molecule has 0 aliphatic rings. The number of hydrogen-bond donors (Lipinski definition) is 0. The van der Waals surface area contributed by atoms with Crippen molar-refractivity contribution in [3.63, 3.8) is 0 Å². The summed E-state index contributed by atoms with van der Waals surface area (Å²) in [6, 6.07) is 22.2. The molecule has 4 nitrogen and oxygen atoms in total. The monoisotopic (exact) mass is 380 g/mol. The second kappa shape index (κ2) is 8.21. The zero-order valence-corrected chi connectivity index (χ0v) is 15.5. The van der Waals surface area contributed by atoms with E-state index in [1.807, 2.05) is 53.9 Å². The van der Waals surface area contributed by atoms with Gasteiger partial charge in [0.25, 0.3) is 11.1 Å². The molecule has 0 radical (unpaired) electrons. The van der Waals surface area contributed by atoms with Gasteiger partial charge in [-0.05, 0) is 34.7 Å². The molecule has 6 heteroatoms. The number of thiophene rings is 1. The summed E-state index contributed by atoms with van der Waals surface area (Å²) in [7, 11) is 0. The first kappa shape index (κ1) is 16.9. The van der Waals surface area contributed by atoms with Crippen LogP contribution in [-0.2, 0) is 12.4 Å². The second-order valence-corrected chi connectivity index (χ2v) is 7.44. The Labute approximate surface area is 159 Å². The number of hydrogen-bond acceptors (Lipinski definition) is 6. The van der Waals surface area contributed by atoms with E-state index < -0.39 is 0 Å². The molecule has 2 aromatic heterocycles. The van der Waals surface area contributed by atoms with Crippen LogP contribution in [0.1, 0.15) is 11.1 Å². The van der Waals surface area contributed by atoms with Crippen molar-refractivity contribution < 1.29 is 9.15 Å². The van der Waals surface area contributed by atoms with Crippen molar-refractivity contribution in [3.8, 4) is 16.5 Å². The summed E-state index contributed by atoms with van der Waals surface area (Å²) in [6.45, 7) is 0.561. The first-order valence-corrected chi connectivity index (χ1v) is 9.99. The Morgan fingerprint density at radius 1 is 0.923 bits per heavy atom. The quantitative estimate of drug-likeness (QED) is 0.387.